The average Bonchev–Trinajstić information content (AvgIpc) is 2.37. The van der Waals surface area contributed by atoms with Crippen molar-refractivity contribution < 1.29 is 23.1 Å². The summed E-state index contributed by atoms with van der Waals surface area (Å²) in [5.41, 5.74) is 0.841. The number of hydrogen-bond donors (Lipinski definition) is 1. The molecule has 1 aromatic heterocycles. The number of nitrogens with zero attached hydrogens (tertiary/aromatic N) is 1. The molecule has 0 saturated carbocycles. The Bertz CT molecular complexity index is 621. The highest BCUT2D eigenvalue weighted by atomic mass is 19.4. The maximum atomic E-state index is 12.5. The van der Waals surface area contributed by atoms with Gasteiger partial charge in [0.1, 0.15) is 0 Å². The van der Waals surface area contributed by atoms with E-state index in [1.54, 1.807) is 12.1 Å². The third kappa shape index (κ3) is 3.34. The molecule has 1 aromatic carbocycles. The number of aromatic nitrogens is 1. The Morgan fingerprint density at radius 3 is 2.30 bits per heavy atom. The summed E-state index contributed by atoms with van der Waals surface area (Å²) in [5, 5.41) is 8.69. The zero-order valence-electron chi connectivity index (χ0n) is 10.2. The van der Waals surface area contributed by atoms with Crippen LogP contribution in [0, 0.1) is 0 Å². The fraction of sp³-hybridized carbons (Fsp3) is 0.143. The molecule has 1 N–H and O–H groups in total. The Kier molecular flexibility index (Phi) is 3.74. The third-order valence-electron chi connectivity index (χ3n) is 2.69. The molecule has 0 aliphatic heterocycles. The second-order valence-corrected chi connectivity index (χ2v) is 4.18. The second-order valence-electron chi connectivity index (χ2n) is 4.18. The van der Waals surface area contributed by atoms with Crippen LogP contribution in [0.2, 0.25) is 0 Å². The highest BCUT2D eigenvalue weighted by molar-refractivity contribution is 5.71. The van der Waals surface area contributed by atoms with Crippen LogP contribution in [-0.2, 0) is 17.4 Å². The number of pyridine rings is 1. The molecule has 0 unspecified atom stereocenters. The summed E-state index contributed by atoms with van der Waals surface area (Å²) in [4.78, 5) is 14.5. The van der Waals surface area contributed by atoms with Crippen molar-refractivity contribution in [2.45, 2.75) is 12.6 Å². The Balaban J connectivity index is 2.30. The molecule has 3 nitrogen and oxygen atoms in total. The number of aliphatic carboxylic acids is 1. The topological polar surface area (TPSA) is 50.2 Å². The second kappa shape index (κ2) is 5.32. The van der Waals surface area contributed by atoms with Gasteiger partial charge in [-0.25, -0.2) is 0 Å². The number of halogens is 3. The number of carboxylic acids is 1. The lowest BCUT2D eigenvalue weighted by atomic mass is 10.0. The molecule has 0 atom stereocenters. The van der Waals surface area contributed by atoms with E-state index in [9.17, 15) is 18.0 Å². The molecule has 20 heavy (non-hydrogen) atoms. The Labute approximate surface area is 112 Å². The first-order chi connectivity index (χ1) is 9.36. The van der Waals surface area contributed by atoms with Gasteiger partial charge in [0.05, 0.1) is 17.7 Å². The Hall–Kier alpha value is -2.37. The fourth-order valence-electron chi connectivity index (χ4n) is 1.76. The van der Waals surface area contributed by atoms with Gasteiger partial charge in [-0.05, 0) is 35.4 Å². The van der Waals surface area contributed by atoms with Gasteiger partial charge in [0.15, 0.2) is 0 Å². The van der Waals surface area contributed by atoms with Crippen molar-refractivity contribution in [1.82, 2.24) is 4.98 Å². The van der Waals surface area contributed by atoms with Gasteiger partial charge in [-0.15, -0.1) is 0 Å². The summed E-state index contributed by atoms with van der Waals surface area (Å²) in [5.74, 6) is -1.01. The van der Waals surface area contributed by atoms with Gasteiger partial charge in [0, 0.05) is 6.20 Å². The number of alkyl halides is 3. The van der Waals surface area contributed by atoms with E-state index in [2.05, 4.69) is 4.98 Å². The maximum Gasteiger partial charge on any atom is 0.416 e. The molecule has 104 valence electrons. The van der Waals surface area contributed by atoms with E-state index >= 15 is 0 Å². The third-order valence-corrected chi connectivity index (χ3v) is 2.69. The molecule has 0 fully saturated rings. The number of hydrogen-bond acceptors (Lipinski definition) is 2. The first-order valence-electron chi connectivity index (χ1n) is 5.70. The lowest BCUT2D eigenvalue weighted by Crippen LogP contribution is -2.04. The SMILES string of the molecule is O=C(O)Cc1cc(-c2ccc(C(F)(F)F)cc2)ccn1. The minimum Gasteiger partial charge on any atom is -0.481 e. The number of benzene rings is 1. The van der Waals surface area contributed by atoms with Crippen molar-refractivity contribution in [2.75, 3.05) is 0 Å². The van der Waals surface area contributed by atoms with Crippen LogP contribution in [0.1, 0.15) is 11.3 Å². The van der Waals surface area contributed by atoms with Gasteiger partial charge >= 0.3 is 12.1 Å². The smallest absolute Gasteiger partial charge is 0.416 e. The molecular formula is C14H10F3NO2. The molecule has 2 aromatic rings. The summed E-state index contributed by atoms with van der Waals surface area (Å²) in [6.45, 7) is 0. The van der Waals surface area contributed by atoms with Gasteiger partial charge in [-0.2, -0.15) is 13.2 Å². The van der Waals surface area contributed by atoms with Crippen LogP contribution in [-0.4, -0.2) is 16.1 Å². The van der Waals surface area contributed by atoms with Gasteiger partial charge in [0.2, 0.25) is 0 Å². The zero-order chi connectivity index (χ0) is 14.8. The average molecular weight is 281 g/mol. The normalized spacial score (nSPS) is 11.3. The van der Waals surface area contributed by atoms with E-state index in [-0.39, 0.29) is 6.42 Å². The predicted molar refractivity (Wildman–Crippen MR) is 66.0 cm³/mol. The molecule has 0 aliphatic carbocycles. The van der Waals surface area contributed by atoms with Crippen molar-refractivity contribution in [3.05, 3.63) is 53.9 Å². The molecule has 0 amide bonds. The molecular weight excluding hydrogens is 271 g/mol. The molecule has 0 saturated heterocycles. The molecule has 0 spiro atoms. The van der Waals surface area contributed by atoms with Crippen molar-refractivity contribution in [2.24, 2.45) is 0 Å². The summed E-state index contributed by atoms with van der Waals surface area (Å²) >= 11 is 0. The molecule has 0 aliphatic rings. The molecule has 6 heteroatoms. The van der Waals surface area contributed by atoms with Crippen LogP contribution in [0.4, 0.5) is 13.2 Å². The minimum atomic E-state index is -4.37. The minimum absolute atomic E-state index is 0.228. The van der Waals surface area contributed by atoms with Gasteiger partial charge in [-0.1, -0.05) is 12.1 Å². The van der Waals surface area contributed by atoms with E-state index in [0.29, 0.717) is 16.8 Å². The first kappa shape index (κ1) is 14.0. The summed E-state index contributed by atoms with van der Waals surface area (Å²) < 4.78 is 37.4. The predicted octanol–water partition coefficient (Wildman–Crippen LogP) is 3.39. The summed E-state index contributed by atoms with van der Waals surface area (Å²) in [6.07, 6.45) is -3.16. The molecule has 1 heterocycles. The van der Waals surface area contributed by atoms with Crippen molar-refractivity contribution in [1.29, 1.82) is 0 Å². The van der Waals surface area contributed by atoms with E-state index in [4.69, 9.17) is 5.11 Å². The van der Waals surface area contributed by atoms with E-state index < -0.39 is 17.7 Å². The van der Waals surface area contributed by atoms with Crippen molar-refractivity contribution in [3.63, 3.8) is 0 Å². The van der Waals surface area contributed by atoms with Crippen molar-refractivity contribution in [3.8, 4) is 11.1 Å². The van der Waals surface area contributed by atoms with Crippen molar-refractivity contribution >= 4 is 5.97 Å². The highest BCUT2D eigenvalue weighted by Crippen LogP contribution is 2.30. The lowest BCUT2D eigenvalue weighted by molar-refractivity contribution is -0.138. The largest absolute Gasteiger partial charge is 0.481 e. The van der Waals surface area contributed by atoms with E-state index in [1.807, 2.05) is 0 Å². The fourth-order valence-corrected chi connectivity index (χ4v) is 1.76. The molecule has 2 rings (SSSR count). The van der Waals surface area contributed by atoms with Gasteiger partial charge in [-0.3, -0.25) is 9.78 Å². The maximum absolute atomic E-state index is 12.5. The molecule has 0 radical (unpaired) electrons. The van der Waals surface area contributed by atoms with Crippen LogP contribution in [0.25, 0.3) is 11.1 Å². The van der Waals surface area contributed by atoms with Gasteiger partial charge in [0.25, 0.3) is 0 Å². The number of carboxylic acid groups (broad SMARTS) is 1. The van der Waals surface area contributed by atoms with Crippen LogP contribution in [0.3, 0.4) is 0 Å². The standard InChI is InChI=1S/C14H10F3NO2/c15-14(16,17)11-3-1-9(2-4-11)10-5-6-18-12(7-10)8-13(19)20/h1-7H,8H2,(H,19,20). The summed E-state index contributed by atoms with van der Waals surface area (Å²) in [7, 11) is 0. The quantitative estimate of drug-likeness (QED) is 0.938. The van der Waals surface area contributed by atoms with Crippen LogP contribution in [0.5, 0.6) is 0 Å². The van der Waals surface area contributed by atoms with Crippen LogP contribution in [0.15, 0.2) is 42.6 Å². The van der Waals surface area contributed by atoms with Crippen LogP contribution >= 0.6 is 0 Å². The molecule has 0 bridgehead atoms. The number of rotatable bonds is 3. The monoisotopic (exact) mass is 281 g/mol. The zero-order valence-corrected chi connectivity index (χ0v) is 10.2. The first-order valence-corrected chi connectivity index (χ1v) is 5.70. The Morgan fingerprint density at radius 2 is 1.75 bits per heavy atom. The van der Waals surface area contributed by atoms with E-state index in [1.165, 1.54) is 18.3 Å². The number of carbonyl (C=O) groups is 1. The summed E-state index contributed by atoms with van der Waals surface area (Å²) in [6, 6.07) is 7.86. The Morgan fingerprint density at radius 1 is 1.10 bits per heavy atom. The van der Waals surface area contributed by atoms with E-state index in [0.717, 1.165) is 12.1 Å². The highest BCUT2D eigenvalue weighted by Gasteiger charge is 2.29. The van der Waals surface area contributed by atoms with Crippen LogP contribution < -0.4 is 0 Å². The van der Waals surface area contributed by atoms with Gasteiger partial charge < -0.3 is 5.11 Å². The lowest BCUT2D eigenvalue weighted by Gasteiger charge is -2.08.